The average Bonchev–Trinajstić information content (AvgIpc) is 2.47. The number of nitrogens with zero attached hydrogens (tertiary/aromatic N) is 1. The maximum atomic E-state index is 13.6. The number of benzene rings is 1. The van der Waals surface area contributed by atoms with E-state index in [-0.39, 0.29) is 16.9 Å². The van der Waals surface area contributed by atoms with Gasteiger partial charge < -0.3 is 5.32 Å². The molecule has 2 nitrogen and oxygen atoms in total. The Hall–Kier alpha value is -0.970. The second-order valence-corrected chi connectivity index (χ2v) is 6.15. The number of halogens is 3. The van der Waals surface area contributed by atoms with Crippen molar-refractivity contribution in [2.75, 3.05) is 6.54 Å². The predicted molar refractivity (Wildman–Crippen MR) is 88.1 cm³/mol. The minimum absolute atomic E-state index is 0.0502. The summed E-state index contributed by atoms with van der Waals surface area (Å²) in [6.45, 7) is 2.99. The van der Waals surface area contributed by atoms with E-state index in [0.29, 0.717) is 6.42 Å². The number of nitrogens with one attached hydrogen (secondary N) is 1. The van der Waals surface area contributed by atoms with E-state index < -0.39 is 0 Å². The van der Waals surface area contributed by atoms with E-state index in [0.717, 1.165) is 28.6 Å². The molecule has 2 rings (SSSR count). The van der Waals surface area contributed by atoms with Gasteiger partial charge in [-0.3, -0.25) is 4.98 Å². The zero-order valence-electron chi connectivity index (χ0n) is 11.7. The zero-order chi connectivity index (χ0) is 15.2. The van der Waals surface area contributed by atoms with Crippen LogP contribution in [-0.4, -0.2) is 11.5 Å². The monoisotopic (exact) mass is 370 g/mol. The molecule has 1 atom stereocenters. The van der Waals surface area contributed by atoms with E-state index in [1.54, 1.807) is 12.3 Å². The lowest BCUT2D eigenvalue weighted by Gasteiger charge is -2.20. The summed E-state index contributed by atoms with van der Waals surface area (Å²) < 4.78 is 14.5. The van der Waals surface area contributed by atoms with Crippen molar-refractivity contribution in [1.82, 2.24) is 10.3 Å². The van der Waals surface area contributed by atoms with Crippen molar-refractivity contribution < 1.29 is 4.39 Å². The van der Waals surface area contributed by atoms with Crippen LogP contribution in [0.3, 0.4) is 0 Å². The van der Waals surface area contributed by atoms with Crippen LogP contribution in [0.2, 0.25) is 5.02 Å². The topological polar surface area (TPSA) is 24.9 Å². The first kappa shape index (κ1) is 16.4. The Bertz CT molecular complexity index is 607. The number of aromatic nitrogens is 1. The first-order valence-corrected chi connectivity index (χ1v) is 8.05. The van der Waals surface area contributed by atoms with Crippen molar-refractivity contribution in [2.24, 2.45) is 0 Å². The summed E-state index contributed by atoms with van der Waals surface area (Å²) in [4.78, 5) is 4.20. The fraction of sp³-hybridized carbons (Fsp3) is 0.312. The van der Waals surface area contributed by atoms with Crippen LogP contribution in [0, 0.1) is 5.82 Å². The highest BCUT2D eigenvalue weighted by Gasteiger charge is 2.15. The summed E-state index contributed by atoms with van der Waals surface area (Å²) in [6, 6.07) is 6.99. The lowest BCUT2D eigenvalue weighted by Crippen LogP contribution is -2.24. The molecule has 21 heavy (non-hydrogen) atoms. The van der Waals surface area contributed by atoms with Gasteiger partial charge in [-0.25, -0.2) is 4.39 Å². The molecule has 0 saturated heterocycles. The molecule has 0 fully saturated rings. The molecule has 0 bridgehead atoms. The van der Waals surface area contributed by atoms with Crippen LogP contribution in [0.4, 0.5) is 4.39 Å². The van der Waals surface area contributed by atoms with E-state index >= 15 is 0 Å². The van der Waals surface area contributed by atoms with Gasteiger partial charge in [-0.2, -0.15) is 0 Å². The van der Waals surface area contributed by atoms with Crippen LogP contribution in [0.1, 0.15) is 30.5 Å². The third kappa shape index (κ3) is 4.50. The summed E-state index contributed by atoms with van der Waals surface area (Å²) in [6.07, 6.45) is 5.21. The van der Waals surface area contributed by atoms with Crippen LogP contribution in [0.15, 0.2) is 41.1 Å². The van der Waals surface area contributed by atoms with E-state index in [2.05, 4.69) is 33.2 Å². The molecule has 0 spiro atoms. The Labute approximate surface area is 137 Å². The van der Waals surface area contributed by atoms with E-state index in [1.165, 1.54) is 6.07 Å². The first-order valence-electron chi connectivity index (χ1n) is 6.88. The van der Waals surface area contributed by atoms with Gasteiger partial charge in [0.2, 0.25) is 0 Å². The number of hydrogen-bond acceptors (Lipinski definition) is 2. The number of hydrogen-bond donors (Lipinski definition) is 1. The van der Waals surface area contributed by atoms with Crippen molar-refractivity contribution in [3.63, 3.8) is 0 Å². The van der Waals surface area contributed by atoms with Gasteiger partial charge in [-0.15, -0.1) is 0 Å². The maximum absolute atomic E-state index is 13.6. The number of rotatable bonds is 6. The lowest BCUT2D eigenvalue weighted by atomic mass is 10.00. The van der Waals surface area contributed by atoms with Crippen LogP contribution in [0.25, 0.3) is 0 Å². The summed E-state index contributed by atoms with van der Waals surface area (Å²) in [5.41, 5.74) is 1.85. The minimum Gasteiger partial charge on any atom is -0.310 e. The second kappa shape index (κ2) is 7.87. The van der Waals surface area contributed by atoms with E-state index in [9.17, 15) is 4.39 Å². The Morgan fingerprint density at radius 1 is 1.38 bits per heavy atom. The van der Waals surface area contributed by atoms with Crippen molar-refractivity contribution in [3.8, 4) is 0 Å². The molecular formula is C16H17BrClFN2. The van der Waals surface area contributed by atoms with Crippen molar-refractivity contribution in [3.05, 3.63) is 63.1 Å². The van der Waals surface area contributed by atoms with E-state index in [4.69, 9.17) is 11.6 Å². The van der Waals surface area contributed by atoms with Gasteiger partial charge in [0.15, 0.2) is 0 Å². The number of pyridine rings is 1. The Balaban J connectivity index is 2.26. The molecule has 0 amide bonds. The highest BCUT2D eigenvalue weighted by Crippen LogP contribution is 2.26. The lowest BCUT2D eigenvalue weighted by molar-refractivity contribution is 0.525. The molecule has 1 unspecified atom stereocenters. The third-order valence-corrected chi connectivity index (χ3v) is 4.08. The molecule has 1 aromatic heterocycles. The molecule has 0 aliphatic heterocycles. The van der Waals surface area contributed by atoms with Crippen molar-refractivity contribution >= 4 is 27.5 Å². The molecule has 5 heteroatoms. The molecule has 1 heterocycles. The molecule has 1 aromatic carbocycles. The molecular weight excluding hydrogens is 355 g/mol. The van der Waals surface area contributed by atoms with Gasteiger partial charge >= 0.3 is 0 Å². The molecule has 0 aliphatic rings. The van der Waals surface area contributed by atoms with Crippen molar-refractivity contribution in [2.45, 2.75) is 25.8 Å². The van der Waals surface area contributed by atoms with Gasteiger partial charge in [0.05, 0.1) is 5.02 Å². The fourth-order valence-corrected chi connectivity index (χ4v) is 2.76. The molecule has 0 aliphatic carbocycles. The van der Waals surface area contributed by atoms with Gasteiger partial charge in [0, 0.05) is 22.9 Å². The highest BCUT2D eigenvalue weighted by atomic mass is 79.9. The third-order valence-electron chi connectivity index (χ3n) is 3.22. The fourth-order valence-electron chi connectivity index (χ4n) is 2.17. The molecule has 2 aromatic rings. The SMILES string of the molecule is CCCNC(Cc1cccc(F)c1Cl)c1cncc(Br)c1. The summed E-state index contributed by atoms with van der Waals surface area (Å²) in [5, 5.41) is 3.66. The molecule has 1 N–H and O–H groups in total. The molecule has 112 valence electrons. The van der Waals surface area contributed by atoms with Gasteiger partial charge in [0.25, 0.3) is 0 Å². The van der Waals surface area contributed by atoms with Crippen LogP contribution in [-0.2, 0) is 6.42 Å². The smallest absolute Gasteiger partial charge is 0.142 e. The zero-order valence-corrected chi connectivity index (χ0v) is 14.1. The summed E-state index contributed by atoms with van der Waals surface area (Å²) in [7, 11) is 0. The Kier molecular flexibility index (Phi) is 6.15. The van der Waals surface area contributed by atoms with Crippen molar-refractivity contribution in [1.29, 1.82) is 0 Å². The molecule has 0 radical (unpaired) electrons. The minimum atomic E-state index is -0.379. The quantitative estimate of drug-likeness (QED) is 0.779. The maximum Gasteiger partial charge on any atom is 0.142 e. The normalized spacial score (nSPS) is 12.4. The standard InChI is InChI=1S/C16H17BrClFN2/c1-2-6-21-15(12-7-13(17)10-20-9-12)8-11-4-3-5-14(19)16(11)18/h3-5,7,9-10,15,21H,2,6,8H2,1H3. The van der Waals surface area contributed by atoms with Crippen LogP contribution in [0.5, 0.6) is 0 Å². The van der Waals surface area contributed by atoms with Crippen LogP contribution >= 0.6 is 27.5 Å². The van der Waals surface area contributed by atoms with Gasteiger partial charge in [-0.1, -0.05) is 30.7 Å². The van der Waals surface area contributed by atoms with Gasteiger partial charge in [-0.05, 0) is 58.6 Å². The molecule has 0 saturated carbocycles. The second-order valence-electron chi connectivity index (χ2n) is 4.86. The largest absolute Gasteiger partial charge is 0.310 e. The average molecular weight is 372 g/mol. The van der Waals surface area contributed by atoms with Crippen LogP contribution < -0.4 is 5.32 Å². The first-order chi connectivity index (χ1) is 10.1. The summed E-state index contributed by atoms with van der Waals surface area (Å²) in [5.74, 6) is -0.379. The predicted octanol–water partition coefficient (Wildman–Crippen LogP) is 4.92. The highest BCUT2D eigenvalue weighted by molar-refractivity contribution is 9.10. The summed E-state index contributed by atoms with van der Waals surface area (Å²) >= 11 is 9.50. The Morgan fingerprint density at radius 3 is 2.90 bits per heavy atom. The van der Waals surface area contributed by atoms with Gasteiger partial charge in [0.1, 0.15) is 5.82 Å². The Morgan fingerprint density at radius 2 is 2.19 bits per heavy atom. The van der Waals surface area contributed by atoms with E-state index in [1.807, 2.05) is 18.3 Å².